The first-order chi connectivity index (χ1) is 32.0. The smallest absolute Gasteiger partial charge is 0.132 e. The number of para-hydroxylation sites is 3. The molecule has 0 radical (unpaired) electrons. The van der Waals surface area contributed by atoms with E-state index in [4.69, 9.17) is 4.74 Å². The van der Waals surface area contributed by atoms with Crippen LogP contribution in [0.25, 0.3) is 60.5 Å². The largest absolute Gasteiger partial charge is 0.457 e. The number of ether oxygens (including phenoxy) is 1. The maximum absolute atomic E-state index is 7.01. The molecular formula is C62H42N2O. The minimum atomic E-state index is -0.665. The van der Waals surface area contributed by atoms with Gasteiger partial charge >= 0.3 is 0 Å². The van der Waals surface area contributed by atoms with Crippen molar-refractivity contribution in [3.05, 3.63) is 252 Å². The van der Waals surface area contributed by atoms with Gasteiger partial charge in [-0.1, -0.05) is 166 Å². The van der Waals surface area contributed by atoms with Crippen LogP contribution >= 0.6 is 0 Å². The van der Waals surface area contributed by atoms with Crippen LogP contribution in [-0.4, -0.2) is 4.57 Å². The van der Waals surface area contributed by atoms with Gasteiger partial charge in [-0.25, -0.2) is 0 Å². The number of anilines is 3. The van der Waals surface area contributed by atoms with Crippen LogP contribution in [0.2, 0.25) is 0 Å². The summed E-state index contributed by atoms with van der Waals surface area (Å²) >= 11 is 0. The van der Waals surface area contributed by atoms with Crippen LogP contribution in [0.1, 0.15) is 47.2 Å². The highest BCUT2D eigenvalue weighted by molar-refractivity contribution is 6.11. The van der Waals surface area contributed by atoms with Crippen molar-refractivity contribution in [2.75, 3.05) is 4.90 Å². The highest BCUT2D eigenvalue weighted by Gasteiger charge is 2.50. The molecule has 2 aliphatic carbocycles. The Morgan fingerprint density at radius 1 is 0.385 bits per heavy atom. The van der Waals surface area contributed by atoms with E-state index in [2.05, 4.69) is 242 Å². The van der Waals surface area contributed by atoms with Crippen LogP contribution < -0.4 is 9.64 Å². The molecule has 3 aliphatic rings. The maximum Gasteiger partial charge on any atom is 0.132 e. The predicted molar refractivity (Wildman–Crippen MR) is 268 cm³/mol. The molecule has 11 aromatic rings. The van der Waals surface area contributed by atoms with Crippen molar-refractivity contribution in [1.82, 2.24) is 4.57 Å². The van der Waals surface area contributed by atoms with Gasteiger partial charge in [-0.2, -0.15) is 0 Å². The van der Waals surface area contributed by atoms with Crippen LogP contribution in [0.4, 0.5) is 17.1 Å². The monoisotopic (exact) mass is 830 g/mol. The number of rotatable bonds is 4. The summed E-state index contributed by atoms with van der Waals surface area (Å²) in [4.78, 5) is 2.48. The second kappa shape index (κ2) is 13.2. The fourth-order valence-electron chi connectivity index (χ4n) is 12.0. The molecule has 3 nitrogen and oxygen atoms in total. The molecular weight excluding hydrogens is 789 g/mol. The lowest BCUT2D eigenvalue weighted by atomic mass is 9.58. The van der Waals surface area contributed by atoms with Gasteiger partial charge in [-0.3, -0.25) is 0 Å². The van der Waals surface area contributed by atoms with Crippen molar-refractivity contribution < 1.29 is 4.74 Å². The molecule has 65 heavy (non-hydrogen) atoms. The standard InChI is InChI=1S/C62H42N2O/c1-61(2)50-24-9-6-20-44(50)46-33-30-41(36-54(46)61)63(43-31-34-48-47-22-8-12-28-56(47)64(57(48)38-43)40-18-4-3-5-19-40)42-32-35-59-55(37-42)62(52-26-11-13-29-58(52)65-59)51-25-10-7-21-45(51)49-23-14-16-39-17-15-27-53(62)60(39)49/h3-38H,1-2H3. The minimum absolute atomic E-state index is 0.174. The molecule has 1 aliphatic heterocycles. The number of hydrogen-bond acceptors (Lipinski definition) is 2. The maximum atomic E-state index is 7.01. The Bertz CT molecular complexity index is 3800. The second-order valence-corrected chi connectivity index (χ2v) is 18.4. The zero-order valence-corrected chi connectivity index (χ0v) is 36.1. The molecule has 1 spiro atoms. The molecule has 0 N–H and O–H groups in total. The Morgan fingerprint density at radius 2 is 0.954 bits per heavy atom. The summed E-state index contributed by atoms with van der Waals surface area (Å²) in [6.45, 7) is 4.74. The van der Waals surface area contributed by atoms with Gasteiger partial charge in [0.1, 0.15) is 11.5 Å². The molecule has 3 heteroatoms. The highest BCUT2D eigenvalue weighted by Crippen LogP contribution is 2.62. The van der Waals surface area contributed by atoms with Crippen molar-refractivity contribution in [3.63, 3.8) is 0 Å². The first kappa shape index (κ1) is 36.4. The summed E-state index contributed by atoms with van der Waals surface area (Å²) in [6.07, 6.45) is 0. The van der Waals surface area contributed by atoms with E-state index < -0.39 is 5.41 Å². The minimum Gasteiger partial charge on any atom is -0.457 e. The quantitative estimate of drug-likeness (QED) is 0.176. The zero-order valence-electron chi connectivity index (χ0n) is 36.1. The van der Waals surface area contributed by atoms with Gasteiger partial charge in [-0.05, 0) is 122 Å². The average molecular weight is 831 g/mol. The van der Waals surface area contributed by atoms with Gasteiger partial charge in [0.25, 0.3) is 0 Å². The van der Waals surface area contributed by atoms with Crippen LogP contribution in [0.5, 0.6) is 11.5 Å². The van der Waals surface area contributed by atoms with E-state index in [1.54, 1.807) is 0 Å². The summed E-state index contributed by atoms with van der Waals surface area (Å²) in [7, 11) is 0. The first-order valence-electron chi connectivity index (χ1n) is 22.7. The lowest BCUT2D eigenvalue weighted by Crippen LogP contribution is -2.36. The SMILES string of the molecule is CC1(C)c2ccccc2-c2ccc(N(c3ccc4c(c3)C3(c5ccccc5O4)c4ccccc4-c4cccc5cccc3c45)c3ccc4c5ccccc5n(-c5ccccc5)c4c3)cc21. The van der Waals surface area contributed by atoms with Gasteiger partial charge in [0.2, 0.25) is 0 Å². The Kier molecular flexibility index (Phi) is 7.38. The predicted octanol–water partition coefficient (Wildman–Crippen LogP) is 16.2. The van der Waals surface area contributed by atoms with E-state index in [1.165, 1.54) is 71.6 Å². The Morgan fingerprint density at radius 3 is 1.80 bits per heavy atom. The first-order valence-corrected chi connectivity index (χ1v) is 22.7. The van der Waals surface area contributed by atoms with Crippen molar-refractivity contribution in [2.24, 2.45) is 0 Å². The van der Waals surface area contributed by atoms with Crippen LogP contribution in [-0.2, 0) is 10.8 Å². The molecule has 2 heterocycles. The molecule has 0 amide bonds. The normalized spacial score (nSPS) is 15.8. The molecule has 14 rings (SSSR count). The fourth-order valence-corrected chi connectivity index (χ4v) is 12.0. The van der Waals surface area contributed by atoms with Gasteiger partial charge in [-0.15, -0.1) is 0 Å². The number of aromatic nitrogens is 1. The van der Waals surface area contributed by atoms with Gasteiger partial charge in [0.15, 0.2) is 0 Å². The van der Waals surface area contributed by atoms with Crippen LogP contribution in [0, 0.1) is 0 Å². The average Bonchev–Trinajstić information content (AvgIpc) is 3.80. The Balaban J connectivity index is 1.07. The summed E-state index contributed by atoms with van der Waals surface area (Å²) in [5, 5.41) is 4.98. The summed E-state index contributed by atoms with van der Waals surface area (Å²) < 4.78 is 9.42. The van der Waals surface area contributed by atoms with Gasteiger partial charge < -0.3 is 14.2 Å². The van der Waals surface area contributed by atoms with Gasteiger partial charge in [0, 0.05) is 50.1 Å². The Hall–Kier alpha value is -8.14. The lowest BCUT2D eigenvalue weighted by molar-refractivity contribution is 0.435. The molecule has 0 saturated carbocycles. The second-order valence-electron chi connectivity index (χ2n) is 18.4. The molecule has 0 fully saturated rings. The molecule has 306 valence electrons. The third-order valence-electron chi connectivity index (χ3n) is 14.8. The molecule has 10 aromatic carbocycles. The third-order valence-corrected chi connectivity index (χ3v) is 14.8. The van der Waals surface area contributed by atoms with Crippen molar-refractivity contribution in [1.29, 1.82) is 0 Å². The molecule has 0 bridgehead atoms. The van der Waals surface area contributed by atoms with E-state index in [9.17, 15) is 0 Å². The van der Waals surface area contributed by atoms with E-state index >= 15 is 0 Å². The topological polar surface area (TPSA) is 17.4 Å². The van der Waals surface area contributed by atoms with Crippen LogP contribution in [0.15, 0.2) is 218 Å². The molecule has 1 aromatic heterocycles. The van der Waals surface area contributed by atoms with Crippen LogP contribution in [0.3, 0.4) is 0 Å². The van der Waals surface area contributed by atoms with E-state index in [1.807, 2.05) is 0 Å². The van der Waals surface area contributed by atoms with Crippen molar-refractivity contribution in [2.45, 2.75) is 24.7 Å². The summed E-state index contributed by atoms with van der Waals surface area (Å²) in [5.41, 5.74) is 18.5. The highest BCUT2D eigenvalue weighted by atomic mass is 16.5. The third kappa shape index (κ3) is 4.85. The van der Waals surface area contributed by atoms with E-state index in [0.29, 0.717) is 0 Å². The number of benzene rings is 10. The lowest BCUT2D eigenvalue weighted by Gasteiger charge is -2.45. The number of hydrogen-bond donors (Lipinski definition) is 0. The molecule has 1 unspecified atom stereocenters. The molecule has 1 atom stereocenters. The number of fused-ring (bicyclic) bond motifs is 14. The van der Waals surface area contributed by atoms with Crippen molar-refractivity contribution >= 4 is 49.6 Å². The summed E-state index contributed by atoms with van der Waals surface area (Å²) in [5.74, 6) is 1.75. The van der Waals surface area contributed by atoms with Gasteiger partial charge in [0.05, 0.1) is 16.4 Å². The van der Waals surface area contributed by atoms with E-state index in [0.717, 1.165) is 50.9 Å². The van der Waals surface area contributed by atoms with Crippen molar-refractivity contribution in [3.8, 4) is 39.4 Å². The van der Waals surface area contributed by atoms with E-state index in [-0.39, 0.29) is 5.41 Å². The fraction of sp³-hybridized carbons (Fsp3) is 0.0645. The number of nitrogens with zero attached hydrogens (tertiary/aromatic N) is 2. The summed E-state index contributed by atoms with van der Waals surface area (Å²) in [6, 6.07) is 80.8. The Labute approximate surface area is 378 Å². The molecule has 0 saturated heterocycles. The zero-order chi connectivity index (χ0) is 43.0.